The average Bonchev–Trinajstić information content (AvgIpc) is 2.75. The van der Waals surface area contributed by atoms with Crippen molar-refractivity contribution in [2.24, 2.45) is 5.73 Å². The number of piperidine rings is 1. The summed E-state index contributed by atoms with van der Waals surface area (Å²) in [7, 11) is 0. The standard InChI is InChI=1S/C20H26FN7O/c21-15-12-14(4-5-16(15)27-10-6-23-7-11-27)25-20-18(19(22)29)24-13-17(26-20)28-8-2-1-3-9-28/h4-5,12-13,23H,1-3,6-11H2,(H2,22,29)(H,25,26). The third kappa shape index (κ3) is 4.40. The van der Waals surface area contributed by atoms with E-state index in [1.54, 1.807) is 18.3 Å². The Morgan fingerprint density at radius 1 is 1.10 bits per heavy atom. The van der Waals surface area contributed by atoms with E-state index >= 15 is 0 Å². The SMILES string of the molecule is NC(=O)c1ncc(N2CCCCC2)nc1Nc1ccc(N2CCNCC2)c(F)c1. The minimum Gasteiger partial charge on any atom is -0.367 e. The lowest BCUT2D eigenvalue weighted by Gasteiger charge is -2.30. The predicted molar refractivity (Wildman–Crippen MR) is 111 cm³/mol. The van der Waals surface area contributed by atoms with Gasteiger partial charge in [0.2, 0.25) is 0 Å². The van der Waals surface area contributed by atoms with E-state index in [4.69, 9.17) is 5.73 Å². The minimum atomic E-state index is -0.678. The molecule has 0 saturated carbocycles. The van der Waals surface area contributed by atoms with E-state index in [1.807, 2.05) is 4.90 Å². The molecule has 4 N–H and O–H groups in total. The van der Waals surface area contributed by atoms with E-state index in [0.29, 0.717) is 17.2 Å². The molecule has 0 radical (unpaired) electrons. The lowest BCUT2D eigenvalue weighted by atomic mass is 10.1. The molecule has 0 bridgehead atoms. The van der Waals surface area contributed by atoms with Crippen LogP contribution < -0.4 is 26.2 Å². The number of halogens is 1. The molecule has 1 aromatic heterocycles. The minimum absolute atomic E-state index is 0.0392. The number of rotatable bonds is 5. The number of amides is 1. The van der Waals surface area contributed by atoms with Gasteiger partial charge < -0.3 is 26.2 Å². The topological polar surface area (TPSA) is 99.4 Å². The molecule has 0 atom stereocenters. The van der Waals surface area contributed by atoms with E-state index in [2.05, 4.69) is 25.5 Å². The fourth-order valence-corrected chi connectivity index (χ4v) is 3.81. The van der Waals surface area contributed by atoms with Gasteiger partial charge in [-0.2, -0.15) is 0 Å². The molecule has 2 saturated heterocycles. The zero-order chi connectivity index (χ0) is 20.2. The first-order valence-electron chi connectivity index (χ1n) is 10.1. The van der Waals surface area contributed by atoms with Crippen LogP contribution in [-0.2, 0) is 0 Å². The van der Waals surface area contributed by atoms with Crippen LogP contribution in [0.1, 0.15) is 29.8 Å². The van der Waals surface area contributed by atoms with Crippen molar-refractivity contribution >= 4 is 28.9 Å². The van der Waals surface area contributed by atoms with Crippen LogP contribution in [0.5, 0.6) is 0 Å². The molecule has 0 unspecified atom stereocenters. The van der Waals surface area contributed by atoms with Gasteiger partial charge in [0, 0.05) is 45.0 Å². The quantitative estimate of drug-likeness (QED) is 0.706. The highest BCUT2D eigenvalue weighted by Gasteiger charge is 2.19. The number of piperazine rings is 1. The van der Waals surface area contributed by atoms with Crippen LogP contribution in [-0.4, -0.2) is 55.1 Å². The van der Waals surface area contributed by atoms with Gasteiger partial charge in [0.25, 0.3) is 5.91 Å². The van der Waals surface area contributed by atoms with Gasteiger partial charge in [-0.3, -0.25) is 4.79 Å². The zero-order valence-corrected chi connectivity index (χ0v) is 16.3. The van der Waals surface area contributed by atoms with Gasteiger partial charge in [-0.05, 0) is 37.5 Å². The highest BCUT2D eigenvalue weighted by atomic mass is 19.1. The molecule has 29 heavy (non-hydrogen) atoms. The summed E-state index contributed by atoms with van der Waals surface area (Å²) in [6, 6.07) is 4.94. The monoisotopic (exact) mass is 399 g/mol. The Balaban J connectivity index is 1.58. The van der Waals surface area contributed by atoms with Gasteiger partial charge in [0.15, 0.2) is 11.5 Å². The number of benzene rings is 1. The number of aromatic nitrogens is 2. The molecule has 2 aliphatic rings. The summed E-state index contributed by atoms with van der Waals surface area (Å²) in [5.74, 6) is -0.0641. The maximum absolute atomic E-state index is 14.7. The van der Waals surface area contributed by atoms with E-state index in [9.17, 15) is 9.18 Å². The molecule has 0 aliphatic carbocycles. The van der Waals surface area contributed by atoms with Gasteiger partial charge in [0.05, 0.1) is 11.9 Å². The van der Waals surface area contributed by atoms with Crippen molar-refractivity contribution in [3.05, 3.63) is 35.9 Å². The smallest absolute Gasteiger partial charge is 0.271 e. The van der Waals surface area contributed by atoms with E-state index < -0.39 is 5.91 Å². The number of primary amides is 1. The van der Waals surface area contributed by atoms with E-state index in [-0.39, 0.29) is 17.3 Å². The van der Waals surface area contributed by atoms with Crippen LogP contribution in [0.4, 0.5) is 27.4 Å². The molecule has 1 amide bonds. The molecule has 2 aromatic rings. The van der Waals surface area contributed by atoms with Crippen LogP contribution in [0.3, 0.4) is 0 Å². The first-order chi connectivity index (χ1) is 14.1. The number of anilines is 4. The highest BCUT2D eigenvalue weighted by molar-refractivity contribution is 5.96. The summed E-state index contributed by atoms with van der Waals surface area (Å²) in [5.41, 5.74) is 6.57. The summed E-state index contributed by atoms with van der Waals surface area (Å²) in [4.78, 5) is 24.7. The predicted octanol–water partition coefficient (Wildman–Crippen LogP) is 1.86. The lowest BCUT2D eigenvalue weighted by molar-refractivity contribution is 0.0996. The third-order valence-electron chi connectivity index (χ3n) is 5.34. The van der Waals surface area contributed by atoms with Gasteiger partial charge in [0.1, 0.15) is 11.6 Å². The molecule has 8 nitrogen and oxygen atoms in total. The fourth-order valence-electron chi connectivity index (χ4n) is 3.81. The van der Waals surface area contributed by atoms with Crippen molar-refractivity contribution in [2.45, 2.75) is 19.3 Å². The molecule has 2 aliphatic heterocycles. The Hall–Kier alpha value is -2.94. The van der Waals surface area contributed by atoms with E-state index in [0.717, 1.165) is 52.1 Å². The van der Waals surface area contributed by atoms with Gasteiger partial charge >= 0.3 is 0 Å². The van der Waals surface area contributed by atoms with Crippen LogP contribution >= 0.6 is 0 Å². The van der Waals surface area contributed by atoms with Crippen molar-refractivity contribution < 1.29 is 9.18 Å². The van der Waals surface area contributed by atoms with Gasteiger partial charge in [-0.25, -0.2) is 14.4 Å². The molecule has 3 heterocycles. The number of nitrogens with two attached hydrogens (primary N) is 1. The third-order valence-corrected chi connectivity index (χ3v) is 5.34. The fraction of sp³-hybridized carbons (Fsp3) is 0.450. The van der Waals surface area contributed by atoms with Crippen LogP contribution in [0.15, 0.2) is 24.4 Å². The zero-order valence-electron chi connectivity index (χ0n) is 16.3. The number of carbonyl (C=O) groups is 1. The van der Waals surface area contributed by atoms with Crippen molar-refractivity contribution in [1.82, 2.24) is 15.3 Å². The van der Waals surface area contributed by atoms with Crippen LogP contribution in [0.2, 0.25) is 0 Å². The maximum Gasteiger partial charge on any atom is 0.271 e. The van der Waals surface area contributed by atoms with Crippen molar-refractivity contribution in [3.8, 4) is 0 Å². The Morgan fingerprint density at radius 3 is 2.55 bits per heavy atom. The second-order valence-electron chi connectivity index (χ2n) is 7.37. The second-order valence-corrected chi connectivity index (χ2v) is 7.37. The first kappa shape index (κ1) is 19.4. The normalized spacial score (nSPS) is 17.3. The summed E-state index contributed by atoms with van der Waals surface area (Å²) in [6.45, 7) is 4.99. The lowest BCUT2D eigenvalue weighted by Crippen LogP contribution is -2.43. The Labute approximate surface area is 169 Å². The molecule has 2 fully saturated rings. The highest BCUT2D eigenvalue weighted by Crippen LogP contribution is 2.27. The van der Waals surface area contributed by atoms with Gasteiger partial charge in [-0.1, -0.05) is 0 Å². The number of nitrogens with one attached hydrogen (secondary N) is 2. The van der Waals surface area contributed by atoms with Crippen molar-refractivity contribution in [1.29, 1.82) is 0 Å². The first-order valence-corrected chi connectivity index (χ1v) is 10.1. The number of hydrogen-bond donors (Lipinski definition) is 3. The molecule has 154 valence electrons. The second kappa shape index (κ2) is 8.60. The van der Waals surface area contributed by atoms with Gasteiger partial charge in [-0.15, -0.1) is 0 Å². The number of carbonyl (C=O) groups excluding carboxylic acids is 1. The van der Waals surface area contributed by atoms with E-state index in [1.165, 1.54) is 12.5 Å². The molecule has 9 heteroatoms. The van der Waals surface area contributed by atoms with Crippen LogP contribution in [0.25, 0.3) is 0 Å². The molecular formula is C20H26FN7O. The van der Waals surface area contributed by atoms with Crippen LogP contribution in [0, 0.1) is 5.82 Å². The number of nitrogens with zero attached hydrogens (tertiary/aromatic N) is 4. The Kier molecular flexibility index (Phi) is 5.75. The molecule has 4 rings (SSSR count). The summed E-state index contributed by atoms with van der Waals surface area (Å²) < 4.78 is 14.7. The molecule has 0 spiro atoms. The molecular weight excluding hydrogens is 373 g/mol. The summed E-state index contributed by atoms with van der Waals surface area (Å²) in [6.07, 6.45) is 4.97. The number of hydrogen-bond acceptors (Lipinski definition) is 7. The van der Waals surface area contributed by atoms with Crippen molar-refractivity contribution in [2.75, 3.05) is 54.4 Å². The summed E-state index contributed by atoms with van der Waals surface area (Å²) >= 11 is 0. The average molecular weight is 399 g/mol. The van der Waals surface area contributed by atoms with Crippen molar-refractivity contribution in [3.63, 3.8) is 0 Å². The Morgan fingerprint density at radius 2 is 1.86 bits per heavy atom. The summed E-state index contributed by atoms with van der Waals surface area (Å²) in [5, 5.41) is 6.29. The largest absolute Gasteiger partial charge is 0.367 e. The Bertz CT molecular complexity index is 879. The maximum atomic E-state index is 14.7. The molecule has 1 aromatic carbocycles.